The number of rotatable bonds is 2. The van der Waals surface area contributed by atoms with Crippen molar-refractivity contribution in [2.75, 3.05) is 5.32 Å². The van der Waals surface area contributed by atoms with Crippen molar-refractivity contribution in [1.82, 2.24) is 5.32 Å². The Morgan fingerprint density at radius 3 is 1.89 bits per heavy atom. The van der Waals surface area contributed by atoms with Crippen LogP contribution >= 0.6 is 11.6 Å². The molecule has 0 spiro atoms. The SMILES string of the molecule is O=C(NC(=O)c1c(F)cccc1Cl)Nc1cc(C(F)(F)F)cc(C(F)(F)F)c1. The maximum Gasteiger partial charge on any atom is 0.416 e. The Kier molecular flexibility index (Phi) is 5.88. The van der Waals surface area contributed by atoms with Crippen molar-refractivity contribution < 1.29 is 40.3 Å². The molecule has 0 aliphatic heterocycles. The second kappa shape index (κ2) is 7.66. The predicted molar refractivity (Wildman–Crippen MR) is 84.3 cm³/mol. The van der Waals surface area contributed by atoms with Gasteiger partial charge in [-0.3, -0.25) is 10.1 Å². The maximum atomic E-state index is 13.6. The lowest BCUT2D eigenvalue weighted by molar-refractivity contribution is -0.143. The summed E-state index contributed by atoms with van der Waals surface area (Å²) in [5, 5.41) is 2.88. The number of hydrogen-bond acceptors (Lipinski definition) is 2. The monoisotopic (exact) mass is 428 g/mol. The zero-order valence-corrected chi connectivity index (χ0v) is 14.1. The molecule has 4 nitrogen and oxygen atoms in total. The van der Waals surface area contributed by atoms with Gasteiger partial charge in [0.15, 0.2) is 0 Å². The van der Waals surface area contributed by atoms with Crippen molar-refractivity contribution in [1.29, 1.82) is 0 Å². The van der Waals surface area contributed by atoms with Gasteiger partial charge in [0.05, 0.1) is 21.7 Å². The van der Waals surface area contributed by atoms with E-state index in [1.807, 2.05) is 0 Å². The lowest BCUT2D eigenvalue weighted by atomic mass is 10.1. The summed E-state index contributed by atoms with van der Waals surface area (Å²) in [6, 6.07) is 2.05. The molecule has 2 aromatic carbocycles. The van der Waals surface area contributed by atoms with Crippen molar-refractivity contribution in [3.63, 3.8) is 0 Å². The first-order valence-electron chi connectivity index (χ1n) is 7.15. The van der Waals surface area contributed by atoms with Crippen LogP contribution in [0.5, 0.6) is 0 Å². The molecule has 150 valence electrons. The van der Waals surface area contributed by atoms with Crippen LogP contribution in [-0.4, -0.2) is 11.9 Å². The number of anilines is 1. The fourth-order valence-electron chi connectivity index (χ4n) is 2.07. The van der Waals surface area contributed by atoms with Crippen LogP contribution in [0.25, 0.3) is 0 Å². The van der Waals surface area contributed by atoms with Crippen LogP contribution in [-0.2, 0) is 12.4 Å². The molecule has 3 amide bonds. The van der Waals surface area contributed by atoms with Crippen LogP contribution in [0.3, 0.4) is 0 Å². The molecule has 0 bridgehead atoms. The van der Waals surface area contributed by atoms with Crippen molar-refractivity contribution in [2.24, 2.45) is 0 Å². The third kappa shape index (κ3) is 5.12. The number of benzene rings is 2. The van der Waals surface area contributed by atoms with Gasteiger partial charge in [0.25, 0.3) is 5.91 Å². The van der Waals surface area contributed by atoms with E-state index in [1.165, 1.54) is 6.07 Å². The first-order valence-corrected chi connectivity index (χ1v) is 7.52. The lowest BCUT2D eigenvalue weighted by Gasteiger charge is -2.15. The Morgan fingerprint density at radius 1 is 0.893 bits per heavy atom. The topological polar surface area (TPSA) is 58.2 Å². The van der Waals surface area contributed by atoms with E-state index in [1.54, 1.807) is 10.6 Å². The van der Waals surface area contributed by atoms with Gasteiger partial charge >= 0.3 is 18.4 Å². The fraction of sp³-hybridized carbons (Fsp3) is 0.125. The minimum Gasteiger partial charge on any atom is -0.308 e. The van der Waals surface area contributed by atoms with Crippen molar-refractivity contribution in [3.8, 4) is 0 Å². The summed E-state index contributed by atoms with van der Waals surface area (Å²) in [5.74, 6) is -2.43. The van der Waals surface area contributed by atoms with Gasteiger partial charge in [-0.25, -0.2) is 9.18 Å². The van der Waals surface area contributed by atoms with Crippen LogP contribution in [0.1, 0.15) is 21.5 Å². The summed E-state index contributed by atoms with van der Waals surface area (Å²) >= 11 is 5.63. The molecule has 2 N–H and O–H groups in total. The molecule has 2 aromatic rings. The highest BCUT2D eigenvalue weighted by atomic mass is 35.5. The number of hydrogen-bond donors (Lipinski definition) is 2. The van der Waals surface area contributed by atoms with E-state index in [2.05, 4.69) is 0 Å². The quantitative estimate of drug-likeness (QED) is 0.622. The lowest BCUT2D eigenvalue weighted by Crippen LogP contribution is -2.35. The summed E-state index contributed by atoms with van der Waals surface area (Å²) in [7, 11) is 0. The molecule has 0 aromatic heterocycles. The maximum absolute atomic E-state index is 13.6. The molecule has 0 aliphatic carbocycles. The van der Waals surface area contributed by atoms with E-state index in [9.17, 15) is 40.3 Å². The van der Waals surface area contributed by atoms with Crippen molar-refractivity contribution >= 4 is 29.2 Å². The van der Waals surface area contributed by atoms with Gasteiger partial charge in [0, 0.05) is 5.69 Å². The van der Waals surface area contributed by atoms with E-state index in [0.717, 1.165) is 12.1 Å². The number of nitrogens with one attached hydrogen (secondary N) is 2. The molecule has 12 heteroatoms. The van der Waals surface area contributed by atoms with E-state index in [-0.39, 0.29) is 23.2 Å². The van der Waals surface area contributed by atoms with Crippen molar-refractivity contribution in [3.05, 3.63) is 63.9 Å². The molecule has 2 rings (SSSR count). The standard InChI is InChI=1S/C16H8ClF7N2O2/c17-10-2-1-3-11(18)12(10)13(27)26-14(28)25-9-5-7(15(19,20)21)4-8(6-9)16(22,23)24/h1-6H,(H2,25,26,27,28). The average molecular weight is 429 g/mol. The molecular weight excluding hydrogens is 421 g/mol. The normalized spacial score (nSPS) is 11.9. The van der Waals surface area contributed by atoms with Crippen LogP contribution < -0.4 is 10.6 Å². The molecular formula is C16H8ClF7N2O2. The molecule has 0 aliphatic rings. The summed E-state index contributed by atoms with van der Waals surface area (Å²) < 4.78 is 90.3. The van der Waals surface area contributed by atoms with E-state index >= 15 is 0 Å². The van der Waals surface area contributed by atoms with Gasteiger partial charge in [0.2, 0.25) is 0 Å². The molecule has 0 radical (unpaired) electrons. The zero-order chi connectivity index (χ0) is 21.3. The van der Waals surface area contributed by atoms with E-state index in [0.29, 0.717) is 0 Å². The molecule has 0 saturated carbocycles. The molecule has 0 atom stereocenters. The van der Waals surface area contributed by atoms with Crippen LogP contribution in [0, 0.1) is 5.82 Å². The zero-order valence-electron chi connectivity index (χ0n) is 13.3. The van der Waals surface area contributed by atoms with Gasteiger partial charge in [-0.1, -0.05) is 17.7 Å². The first-order chi connectivity index (χ1) is 12.8. The Labute approximate surface area is 157 Å². The molecule has 0 saturated heterocycles. The smallest absolute Gasteiger partial charge is 0.308 e. The third-order valence-corrected chi connectivity index (χ3v) is 3.58. The van der Waals surface area contributed by atoms with Crippen LogP contribution in [0.2, 0.25) is 5.02 Å². The van der Waals surface area contributed by atoms with Crippen LogP contribution in [0.15, 0.2) is 36.4 Å². The Bertz CT molecular complexity index is 874. The number of carbonyl (C=O) groups is 2. The number of halogens is 8. The number of imide groups is 1. The minimum atomic E-state index is -5.12. The van der Waals surface area contributed by atoms with Gasteiger partial charge in [0.1, 0.15) is 5.82 Å². The second-order valence-electron chi connectivity index (χ2n) is 5.30. The third-order valence-electron chi connectivity index (χ3n) is 3.26. The van der Waals surface area contributed by atoms with Gasteiger partial charge in [-0.05, 0) is 30.3 Å². The molecule has 0 fully saturated rings. The number of urea groups is 1. The largest absolute Gasteiger partial charge is 0.416 e. The first kappa shape index (κ1) is 21.5. The number of alkyl halides is 6. The fourth-order valence-corrected chi connectivity index (χ4v) is 2.32. The summed E-state index contributed by atoms with van der Waals surface area (Å²) in [6.07, 6.45) is -10.2. The van der Waals surface area contributed by atoms with E-state index in [4.69, 9.17) is 11.6 Å². The predicted octanol–water partition coefficient (Wildman–Crippen LogP) is 5.48. The summed E-state index contributed by atoms with van der Waals surface area (Å²) in [4.78, 5) is 23.7. The molecule has 0 unspecified atom stereocenters. The molecule has 0 heterocycles. The average Bonchev–Trinajstić information content (AvgIpc) is 2.52. The Hall–Kier alpha value is -2.82. The van der Waals surface area contributed by atoms with Gasteiger partial charge < -0.3 is 5.32 Å². The van der Waals surface area contributed by atoms with Gasteiger partial charge in [-0.2, -0.15) is 26.3 Å². The second-order valence-corrected chi connectivity index (χ2v) is 5.71. The summed E-state index contributed by atoms with van der Waals surface area (Å²) in [5.41, 5.74) is -4.94. The van der Waals surface area contributed by atoms with E-state index < -0.39 is 52.5 Å². The highest BCUT2D eigenvalue weighted by molar-refractivity contribution is 6.34. The minimum absolute atomic E-state index is 0.132. The van der Waals surface area contributed by atoms with Crippen molar-refractivity contribution in [2.45, 2.75) is 12.4 Å². The Morgan fingerprint density at radius 2 is 1.43 bits per heavy atom. The summed E-state index contributed by atoms with van der Waals surface area (Å²) in [6.45, 7) is 0. The van der Waals surface area contributed by atoms with Crippen LogP contribution in [0.4, 0.5) is 41.2 Å². The number of amides is 3. The highest BCUT2D eigenvalue weighted by Crippen LogP contribution is 2.37. The Balaban J connectivity index is 2.27. The highest BCUT2D eigenvalue weighted by Gasteiger charge is 2.37. The number of carbonyl (C=O) groups excluding carboxylic acids is 2. The molecule has 28 heavy (non-hydrogen) atoms. The van der Waals surface area contributed by atoms with Gasteiger partial charge in [-0.15, -0.1) is 0 Å².